The van der Waals surface area contributed by atoms with Crippen molar-refractivity contribution in [1.29, 1.82) is 0 Å². The van der Waals surface area contributed by atoms with E-state index in [-0.39, 0.29) is 0 Å². The molecular weight excluding hydrogens is 248 g/mol. The summed E-state index contributed by atoms with van der Waals surface area (Å²) < 4.78 is 4.65. The average molecular weight is 264 g/mol. The Hall–Kier alpha value is -2.45. The Bertz CT molecular complexity index is 512. The van der Waals surface area contributed by atoms with Gasteiger partial charge in [-0.3, -0.25) is 0 Å². The Labute approximate surface area is 110 Å². The molecule has 0 aromatic carbocycles. The molecule has 0 atom stereocenters. The molecule has 2 aromatic rings. The van der Waals surface area contributed by atoms with Gasteiger partial charge in [0.1, 0.15) is 0 Å². The Morgan fingerprint density at radius 1 is 1.16 bits per heavy atom. The van der Waals surface area contributed by atoms with E-state index in [4.69, 9.17) is 0 Å². The third-order valence-corrected chi connectivity index (χ3v) is 2.17. The number of nitrogens with one attached hydrogen (secondary N) is 2. The molecule has 2 rings (SSSR count). The molecule has 0 fully saturated rings. The van der Waals surface area contributed by atoms with Gasteiger partial charge < -0.3 is 20.1 Å². The van der Waals surface area contributed by atoms with E-state index in [0.717, 1.165) is 6.54 Å². The SMILES string of the molecule is CCNc1nc(NCc2ncon2)nc(N(C)C)n1. The third-order valence-electron chi connectivity index (χ3n) is 2.17. The maximum Gasteiger partial charge on any atom is 0.231 e. The van der Waals surface area contributed by atoms with Crippen molar-refractivity contribution < 1.29 is 4.52 Å². The standard InChI is InChI=1S/C10H16N8O/c1-4-11-8-14-9(16-10(15-8)18(2)3)12-5-7-13-6-19-17-7/h6H,4-5H2,1-3H3,(H2,11,12,14,15,16). The van der Waals surface area contributed by atoms with Gasteiger partial charge in [0.15, 0.2) is 5.82 Å². The van der Waals surface area contributed by atoms with Crippen molar-refractivity contribution in [2.45, 2.75) is 13.5 Å². The fourth-order valence-corrected chi connectivity index (χ4v) is 1.31. The molecule has 0 spiro atoms. The van der Waals surface area contributed by atoms with Crippen LogP contribution in [0.2, 0.25) is 0 Å². The van der Waals surface area contributed by atoms with Crippen LogP contribution >= 0.6 is 0 Å². The van der Waals surface area contributed by atoms with Gasteiger partial charge in [-0.25, -0.2) is 0 Å². The molecule has 9 nitrogen and oxygen atoms in total. The summed E-state index contributed by atoms with van der Waals surface area (Å²) >= 11 is 0. The molecule has 19 heavy (non-hydrogen) atoms. The molecule has 2 aromatic heterocycles. The summed E-state index contributed by atoms with van der Waals surface area (Å²) in [7, 11) is 3.74. The van der Waals surface area contributed by atoms with Crippen LogP contribution in [0.4, 0.5) is 17.8 Å². The fraction of sp³-hybridized carbons (Fsp3) is 0.500. The molecule has 0 aliphatic heterocycles. The lowest BCUT2D eigenvalue weighted by Crippen LogP contribution is -2.17. The van der Waals surface area contributed by atoms with Gasteiger partial charge in [0.25, 0.3) is 0 Å². The monoisotopic (exact) mass is 264 g/mol. The first-order valence-corrected chi connectivity index (χ1v) is 5.85. The predicted molar refractivity (Wildman–Crippen MR) is 69.9 cm³/mol. The minimum absolute atomic E-state index is 0.388. The Balaban J connectivity index is 2.13. The topological polar surface area (TPSA) is 105 Å². The van der Waals surface area contributed by atoms with Gasteiger partial charge in [-0.05, 0) is 6.92 Å². The smallest absolute Gasteiger partial charge is 0.231 e. The highest BCUT2D eigenvalue weighted by Gasteiger charge is 2.08. The van der Waals surface area contributed by atoms with Crippen molar-refractivity contribution in [1.82, 2.24) is 25.1 Å². The zero-order valence-corrected chi connectivity index (χ0v) is 11.1. The largest absolute Gasteiger partial charge is 0.354 e. The van der Waals surface area contributed by atoms with Gasteiger partial charge in [0, 0.05) is 20.6 Å². The lowest BCUT2D eigenvalue weighted by Gasteiger charge is -2.13. The minimum Gasteiger partial charge on any atom is -0.354 e. The van der Waals surface area contributed by atoms with Crippen LogP contribution in [-0.2, 0) is 6.54 Å². The first-order chi connectivity index (χ1) is 9.19. The first-order valence-electron chi connectivity index (χ1n) is 5.85. The van der Waals surface area contributed by atoms with Crippen molar-refractivity contribution >= 4 is 17.8 Å². The van der Waals surface area contributed by atoms with E-state index in [1.807, 2.05) is 25.9 Å². The van der Waals surface area contributed by atoms with Crippen LogP contribution in [-0.4, -0.2) is 45.7 Å². The van der Waals surface area contributed by atoms with E-state index in [1.54, 1.807) is 0 Å². The summed E-state index contributed by atoms with van der Waals surface area (Å²) in [6, 6.07) is 0. The number of aromatic nitrogens is 5. The fourth-order valence-electron chi connectivity index (χ4n) is 1.31. The van der Waals surface area contributed by atoms with Crippen LogP contribution in [0.1, 0.15) is 12.7 Å². The van der Waals surface area contributed by atoms with Gasteiger partial charge in [0.05, 0.1) is 6.54 Å². The molecule has 0 bridgehead atoms. The van der Waals surface area contributed by atoms with E-state index in [2.05, 4.69) is 40.2 Å². The highest BCUT2D eigenvalue weighted by atomic mass is 16.5. The van der Waals surface area contributed by atoms with E-state index in [9.17, 15) is 0 Å². The second kappa shape index (κ2) is 5.94. The summed E-state index contributed by atoms with van der Waals surface area (Å²) in [6.07, 6.45) is 1.28. The van der Waals surface area contributed by atoms with Crippen LogP contribution in [0, 0.1) is 0 Å². The molecule has 0 aliphatic carbocycles. The molecule has 0 unspecified atom stereocenters. The molecule has 2 N–H and O–H groups in total. The lowest BCUT2D eigenvalue weighted by atomic mass is 10.6. The number of anilines is 3. The van der Waals surface area contributed by atoms with Crippen LogP contribution < -0.4 is 15.5 Å². The van der Waals surface area contributed by atoms with E-state index in [1.165, 1.54) is 6.39 Å². The van der Waals surface area contributed by atoms with E-state index in [0.29, 0.717) is 30.2 Å². The maximum atomic E-state index is 4.65. The van der Waals surface area contributed by atoms with E-state index >= 15 is 0 Å². The van der Waals surface area contributed by atoms with Gasteiger partial charge in [-0.2, -0.15) is 19.9 Å². The molecule has 0 radical (unpaired) electrons. The zero-order chi connectivity index (χ0) is 13.7. The van der Waals surface area contributed by atoms with Gasteiger partial charge >= 0.3 is 0 Å². The normalized spacial score (nSPS) is 10.3. The van der Waals surface area contributed by atoms with Crippen molar-refractivity contribution in [3.8, 4) is 0 Å². The predicted octanol–water partition coefficient (Wildman–Crippen LogP) is 0.364. The van der Waals surface area contributed by atoms with Gasteiger partial charge in [0.2, 0.25) is 24.2 Å². The minimum atomic E-state index is 0.388. The first kappa shape index (κ1) is 13.0. The van der Waals surface area contributed by atoms with Crippen molar-refractivity contribution in [2.75, 3.05) is 36.2 Å². The van der Waals surface area contributed by atoms with Crippen LogP contribution in [0.3, 0.4) is 0 Å². The number of nitrogens with zero attached hydrogens (tertiary/aromatic N) is 6. The van der Waals surface area contributed by atoms with Crippen LogP contribution in [0.25, 0.3) is 0 Å². The van der Waals surface area contributed by atoms with Gasteiger partial charge in [-0.1, -0.05) is 5.16 Å². The summed E-state index contributed by atoms with van der Waals surface area (Å²) in [4.78, 5) is 18.5. The maximum absolute atomic E-state index is 4.65. The highest BCUT2D eigenvalue weighted by molar-refractivity contribution is 5.42. The van der Waals surface area contributed by atoms with Crippen molar-refractivity contribution in [3.05, 3.63) is 12.2 Å². The quantitative estimate of drug-likeness (QED) is 0.765. The summed E-state index contributed by atoms with van der Waals surface area (Å²) in [5.74, 6) is 2.09. The number of rotatable bonds is 6. The Morgan fingerprint density at radius 2 is 1.89 bits per heavy atom. The molecule has 0 aliphatic rings. The zero-order valence-electron chi connectivity index (χ0n) is 11.1. The highest BCUT2D eigenvalue weighted by Crippen LogP contribution is 2.11. The Morgan fingerprint density at radius 3 is 2.47 bits per heavy atom. The summed E-state index contributed by atoms with van der Waals surface area (Å²) in [5, 5.41) is 9.79. The molecular formula is C10H16N8O. The van der Waals surface area contributed by atoms with Crippen LogP contribution in [0.15, 0.2) is 10.9 Å². The molecule has 102 valence electrons. The lowest BCUT2D eigenvalue weighted by molar-refractivity contribution is 0.411. The summed E-state index contributed by atoms with van der Waals surface area (Å²) in [5.41, 5.74) is 0. The van der Waals surface area contributed by atoms with Gasteiger partial charge in [-0.15, -0.1) is 0 Å². The summed E-state index contributed by atoms with van der Waals surface area (Å²) in [6.45, 7) is 3.10. The molecule has 0 saturated heterocycles. The molecule has 9 heteroatoms. The molecule has 0 amide bonds. The van der Waals surface area contributed by atoms with Crippen molar-refractivity contribution in [2.24, 2.45) is 0 Å². The van der Waals surface area contributed by atoms with Crippen molar-refractivity contribution in [3.63, 3.8) is 0 Å². The second-order valence-corrected chi connectivity index (χ2v) is 3.91. The van der Waals surface area contributed by atoms with E-state index < -0.39 is 0 Å². The second-order valence-electron chi connectivity index (χ2n) is 3.91. The molecule has 0 saturated carbocycles. The third kappa shape index (κ3) is 3.50. The average Bonchev–Trinajstić information content (AvgIpc) is 2.89. The molecule has 2 heterocycles. The Kier molecular flexibility index (Phi) is 4.06. The number of hydrogen-bond donors (Lipinski definition) is 2. The number of hydrogen-bond acceptors (Lipinski definition) is 9. The van der Waals surface area contributed by atoms with Crippen LogP contribution in [0.5, 0.6) is 0 Å².